The smallest absolute Gasteiger partial charge is 0.316 e. The predicted octanol–water partition coefficient (Wildman–Crippen LogP) is 5.55. The molecular formula is C34H41F2N5O2. The Labute approximate surface area is 251 Å². The highest BCUT2D eigenvalue weighted by atomic mass is 19.1. The summed E-state index contributed by atoms with van der Waals surface area (Å²) >= 11 is 0. The summed E-state index contributed by atoms with van der Waals surface area (Å²) in [5.74, 6) is 0.306. The van der Waals surface area contributed by atoms with Crippen molar-refractivity contribution >= 4 is 16.5 Å². The minimum Gasteiger partial charge on any atom is -0.508 e. The second kappa shape index (κ2) is 10.5. The zero-order valence-corrected chi connectivity index (χ0v) is 24.9. The first-order valence-corrected chi connectivity index (χ1v) is 16.3. The van der Waals surface area contributed by atoms with Crippen molar-refractivity contribution in [2.45, 2.75) is 101 Å². The highest BCUT2D eigenvalue weighted by Gasteiger charge is 2.49. The van der Waals surface area contributed by atoms with Crippen LogP contribution >= 0.6 is 0 Å². The fourth-order valence-electron chi connectivity index (χ4n) is 9.04. The second-order valence-corrected chi connectivity index (χ2v) is 13.6. The summed E-state index contributed by atoms with van der Waals surface area (Å²) in [4.78, 5) is 14.6. The largest absolute Gasteiger partial charge is 0.508 e. The molecular weight excluding hydrogens is 548 g/mol. The molecule has 0 saturated carbocycles. The fourth-order valence-corrected chi connectivity index (χ4v) is 9.04. The van der Waals surface area contributed by atoms with Gasteiger partial charge in [0.05, 0.1) is 23.5 Å². The summed E-state index contributed by atoms with van der Waals surface area (Å²) in [7, 11) is 0. The van der Waals surface area contributed by atoms with Gasteiger partial charge in [-0.25, -0.2) is 8.78 Å². The Morgan fingerprint density at radius 2 is 1.98 bits per heavy atom. The maximum Gasteiger partial charge on any atom is 0.316 e. The molecule has 5 aliphatic rings. The minimum atomic E-state index is -0.808. The lowest BCUT2D eigenvalue weighted by molar-refractivity contribution is 0.106. The van der Waals surface area contributed by atoms with Crippen LogP contribution in [-0.2, 0) is 19.4 Å². The normalized spacial score (nSPS) is 30.2. The van der Waals surface area contributed by atoms with Crippen LogP contribution in [0.2, 0.25) is 0 Å². The Kier molecular flexibility index (Phi) is 6.75. The van der Waals surface area contributed by atoms with E-state index in [1.807, 2.05) is 6.92 Å². The summed E-state index contributed by atoms with van der Waals surface area (Å²) in [5, 5.41) is 16.1. The number of piperidine rings is 1. The molecule has 5 aliphatic heterocycles. The van der Waals surface area contributed by atoms with Gasteiger partial charge in [0.1, 0.15) is 24.3 Å². The molecule has 5 atom stereocenters. The van der Waals surface area contributed by atoms with Crippen molar-refractivity contribution in [3.05, 3.63) is 52.6 Å². The van der Waals surface area contributed by atoms with Crippen molar-refractivity contribution in [3.63, 3.8) is 0 Å². The number of hydrogen-bond donors (Lipinski definition) is 2. The summed E-state index contributed by atoms with van der Waals surface area (Å²) < 4.78 is 35.9. The molecule has 7 nitrogen and oxygen atoms in total. The van der Waals surface area contributed by atoms with Crippen molar-refractivity contribution in [3.8, 4) is 11.8 Å². The molecule has 1 unspecified atom stereocenters. The lowest BCUT2D eigenvalue weighted by atomic mass is 9.85. The zero-order chi connectivity index (χ0) is 29.3. The quantitative estimate of drug-likeness (QED) is 0.391. The molecule has 43 heavy (non-hydrogen) atoms. The van der Waals surface area contributed by atoms with Crippen molar-refractivity contribution < 1.29 is 18.6 Å². The van der Waals surface area contributed by atoms with Crippen LogP contribution in [-0.4, -0.2) is 70.0 Å². The van der Waals surface area contributed by atoms with E-state index in [4.69, 9.17) is 14.7 Å². The maximum absolute atomic E-state index is 15.0. The van der Waals surface area contributed by atoms with Gasteiger partial charge in [-0.05, 0) is 86.6 Å². The Hall–Kier alpha value is -3.04. The molecule has 2 N–H and O–H groups in total. The third-order valence-electron chi connectivity index (χ3n) is 11.0. The number of hydrogen-bond acceptors (Lipinski definition) is 7. The number of nitrogens with one attached hydrogen (secondary N) is 1. The lowest BCUT2D eigenvalue weighted by Crippen LogP contribution is -2.43. The van der Waals surface area contributed by atoms with Gasteiger partial charge in [-0.3, -0.25) is 4.90 Å². The van der Waals surface area contributed by atoms with Gasteiger partial charge >= 0.3 is 6.01 Å². The molecule has 8 rings (SSSR count). The van der Waals surface area contributed by atoms with E-state index in [-0.39, 0.29) is 17.1 Å². The van der Waals surface area contributed by atoms with Crippen molar-refractivity contribution in [1.82, 2.24) is 20.2 Å². The summed E-state index contributed by atoms with van der Waals surface area (Å²) in [6.07, 6.45) is 7.63. The van der Waals surface area contributed by atoms with Crippen molar-refractivity contribution in [1.29, 1.82) is 0 Å². The number of benzene rings is 2. The SMILES string of the molecule is CCc1c(F)ccc2cc(O)cc(N3CCc4c(nc(OC[C@@]56CCCN5C[C@@H](F)C6)nc4C4C[C@H]5CC[C@@H](C4)N5)C3)c12. The van der Waals surface area contributed by atoms with E-state index < -0.39 is 6.17 Å². The number of halogens is 2. The van der Waals surface area contributed by atoms with Gasteiger partial charge in [0.15, 0.2) is 0 Å². The number of nitrogens with zero attached hydrogens (tertiary/aromatic N) is 4. The monoisotopic (exact) mass is 589 g/mol. The number of ether oxygens (including phenoxy) is 1. The third-order valence-corrected chi connectivity index (χ3v) is 11.0. The van der Waals surface area contributed by atoms with Gasteiger partial charge in [-0.15, -0.1) is 0 Å². The van der Waals surface area contributed by atoms with Crippen LogP contribution in [0, 0.1) is 5.82 Å². The highest BCUT2D eigenvalue weighted by molar-refractivity contribution is 5.98. The van der Waals surface area contributed by atoms with Gasteiger partial charge in [-0.1, -0.05) is 13.0 Å². The van der Waals surface area contributed by atoms with Gasteiger partial charge in [0, 0.05) is 54.7 Å². The topological polar surface area (TPSA) is 73.8 Å². The fraction of sp³-hybridized carbons (Fsp3) is 0.588. The van der Waals surface area contributed by atoms with Crippen LogP contribution in [0.3, 0.4) is 0 Å². The molecule has 6 heterocycles. The van der Waals surface area contributed by atoms with Crippen molar-refractivity contribution in [2.24, 2.45) is 0 Å². The number of phenols is 1. The lowest BCUT2D eigenvalue weighted by Gasteiger charge is -2.35. The molecule has 2 aromatic carbocycles. The number of aromatic hydroxyl groups is 1. The number of anilines is 1. The number of aryl methyl sites for hydroxylation is 1. The van der Waals surface area contributed by atoms with Gasteiger partial charge in [0.25, 0.3) is 0 Å². The Morgan fingerprint density at radius 1 is 1.14 bits per heavy atom. The molecule has 1 aromatic heterocycles. The summed E-state index contributed by atoms with van der Waals surface area (Å²) in [5.41, 5.74) is 4.51. The zero-order valence-electron chi connectivity index (χ0n) is 24.9. The van der Waals surface area contributed by atoms with Crippen LogP contribution in [0.5, 0.6) is 11.8 Å². The molecule has 0 radical (unpaired) electrons. The maximum atomic E-state index is 15.0. The number of rotatable bonds is 6. The van der Waals surface area contributed by atoms with Crippen LogP contribution < -0.4 is 15.0 Å². The number of alkyl halides is 1. The molecule has 2 bridgehead atoms. The van der Waals surface area contributed by atoms with Crippen LogP contribution in [0.25, 0.3) is 10.8 Å². The minimum absolute atomic E-state index is 0.169. The van der Waals surface area contributed by atoms with E-state index in [0.717, 1.165) is 73.0 Å². The summed E-state index contributed by atoms with van der Waals surface area (Å²) in [6, 6.07) is 8.17. The highest BCUT2D eigenvalue weighted by Crippen LogP contribution is 2.43. The second-order valence-electron chi connectivity index (χ2n) is 13.6. The molecule has 4 saturated heterocycles. The average molecular weight is 590 g/mol. The third kappa shape index (κ3) is 4.74. The molecule has 228 valence electrons. The van der Waals surface area contributed by atoms with E-state index in [0.29, 0.717) is 62.1 Å². The first kappa shape index (κ1) is 27.5. The number of phenolic OH excluding ortho intramolecular Hbond substituents is 1. The molecule has 4 fully saturated rings. The van der Waals surface area contributed by atoms with Crippen LogP contribution in [0.1, 0.15) is 80.3 Å². The Balaban J connectivity index is 1.16. The number of fused-ring (bicyclic) bond motifs is 5. The predicted molar refractivity (Wildman–Crippen MR) is 162 cm³/mol. The van der Waals surface area contributed by atoms with E-state index in [1.165, 1.54) is 24.5 Å². The standard InChI is InChI=1S/C34H41F2N5O2/c1-2-26-28(36)7-4-20-14-25(42)15-30(31(20)26)40-11-8-27-29(18-40)38-33(39-32(27)21-12-23-5-6-24(13-21)37-23)43-19-34-9-3-10-41(34)17-22(35)16-34/h4,7,14-15,21-24,37,42H,2-3,5-6,8-13,16-19H2,1H3/t21?,22-,23-,24+,34-/m0/s1. The van der Waals surface area contributed by atoms with E-state index in [2.05, 4.69) is 15.1 Å². The average Bonchev–Trinajstić information content (AvgIpc) is 3.65. The van der Waals surface area contributed by atoms with E-state index in [1.54, 1.807) is 18.2 Å². The van der Waals surface area contributed by atoms with Crippen molar-refractivity contribution in [2.75, 3.05) is 31.1 Å². The molecule has 9 heteroatoms. The van der Waals surface area contributed by atoms with Gasteiger partial charge in [-0.2, -0.15) is 9.97 Å². The van der Waals surface area contributed by atoms with E-state index in [9.17, 15) is 13.9 Å². The Bertz CT molecular complexity index is 1560. The van der Waals surface area contributed by atoms with Gasteiger partial charge < -0.3 is 20.1 Å². The first-order chi connectivity index (χ1) is 20.9. The molecule has 0 aliphatic carbocycles. The number of aromatic nitrogens is 2. The summed E-state index contributed by atoms with van der Waals surface area (Å²) in [6.45, 7) is 5.05. The first-order valence-electron chi connectivity index (χ1n) is 16.3. The molecule has 0 spiro atoms. The van der Waals surface area contributed by atoms with E-state index >= 15 is 0 Å². The van der Waals surface area contributed by atoms with Crippen LogP contribution in [0.15, 0.2) is 24.3 Å². The van der Waals surface area contributed by atoms with Gasteiger partial charge in [0.2, 0.25) is 0 Å². The Morgan fingerprint density at radius 3 is 2.79 bits per heavy atom. The molecule has 0 amide bonds. The molecule has 3 aromatic rings. The van der Waals surface area contributed by atoms with Crippen LogP contribution in [0.4, 0.5) is 14.5 Å².